The summed E-state index contributed by atoms with van der Waals surface area (Å²) in [6, 6.07) is 7.70. The Morgan fingerprint density at radius 3 is 2.73 bits per heavy atom. The van der Waals surface area contributed by atoms with Gasteiger partial charge in [0.15, 0.2) is 0 Å². The molecule has 2 amide bonds. The number of nitrogens with zero attached hydrogens (tertiary/aromatic N) is 1. The van der Waals surface area contributed by atoms with Gasteiger partial charge in [-0.25, -0.2) is 0 Å². The number of rotatable bonds is 8. The quantitative estimate of drug-likeness (QED) is 0.465. The van der Waals surface area contributed by atoms with Crippen LogP contribution in [0.5, 0.6) is 0 Å². The van der Waals surface area contributed by atoms with Gasteiger partial charge in [0, 0.05) is 49.2 Å². The maximum atomic E-state index is 12.5. The Labute approximate surface area is 178 Å². The molecule has 2 heterocycles. The van der Waals surface area contributed by atoms with E-state index < -0.39 is 0 Å². The monoisotopic (exact) mass is 406 g/mol. The van der Waals surface area contributed by atoms with E-state index in [4.69, 9.17) is 0 Å². The number of hydrogen-bond acceptors (Lipinski definition) is 3. The molecule has 0 aliphatic carbocycles. The lowest BCUT2D eigenvalue weighted by Crippen LogP contribution is -2.27. The summed E-state index contributed by atoms with van der Waals surface area (Å²) in [6.45, 7) is 5.46. The van der Waals surface area contributed by atoms with Gasteiger partial charge in [0.25, 0.3) is 5.91 Å². The predicted octanol–water partition coefficient (Wildman–Crippen LogP) is 3.29. The summed E-state index contributed by atoms with van der Waals surface area (Å²) in [5.41, 5.74) is 6.59. The lowest BCUT2D eigenvalue weighted by Gasteiger charge is -2.15. The Morgan fingerprint density at radius 2 is 1.97 bits per heavy atom. The Balaban J connectivity index is 1.71. The van der Waals surface area contributed by atoms with Crippen LogP contribution in [0.4, 0.5) is 5.69 Å². The van der Waals surface area contributed by atoms with Gasteiger partial charge in [0.05, 0.1) is 5.57 Å². The highest BCUT2D eigenvalue weighted by Gasteiger charge is 2.24. The molecular formula is C24H30N4O2. The Kier molecular flexibility index (Phi) is 6.90. The lowest BCUT2D eigenvalue weighted by atomic mass is 10.0. The van der Waals surface area contributed by atoms with Crippen LogP contribution in [-0.2, 0) is 16.0 Å². The molecule has 0 bridgehead atoms. The average Bonchev–Trinajstić information content (AvgIpc) is 3.19. The summed E-state index contributed by atoms with van der Waals surface area (Å²) in [5, 5.41) is 5.95. The predicted molar refractivity (Wildman–Crippen MR) is 122 cm³/mol. The van der Waals surface area contributed by atoms with Gasteiger partial charge in [0.2, 0.25) is 5.91 Å². The fourth-order valence-electron chi connectivity index (χ4n) is 3.72. The summed E-state index contributed by atoms with van der Waals surface area (Å²) in [7, 11) is 3.72. The molecule has 1 aromatic heterocycles. The summed E-state index contributed by atoms with van der Waals surface area (Å²) in [5.74, 6) is 0.0284. The Bertz CT molecular complexity index is 1000. The number of H-pyrrole nitrogens is 1. The van der Waals surface area contributed by atoms with Crippen LogP contribution >= 0.6 is 0 Å². The third kappa shape index (κ3) is 4.71. The second-order valence-electron chi connectivity index (χ2n) is 7.63. The first-order valence-electron chi connectivity index (χ1n) is 10.3. The molecule has 1 aliphatic rings. The van der Waals surface area contributed by atoms with Crippen molar-refractivity contribution in [1.82, 2.24) is 15.2 Å². The molecule has 0 radical (unpaired) electrons. The third-order valence-electron chi connectivity index (χ3n) is 5.51. The lowest BCUT2D eigenvalue weighted by molar-refractivity contribution is -0.129. The molecule has 0 saturated carbocycles. The summed E-state index contributed by atoms with van der Waals surface area (Å²) in [6.07, 6.45) is 7.05. The number of aromatic amines is 1. The van der Waals surface area contributed by atoms with Gasteiger partial charge in [-0.1, -0.05) is 30.4 Å². The van der Waals surface area contributed by atoms with E-state index in [1.54, 1.807) is 4.90 Å². The highest BCUT2D eigenvalue weighted by Crippen LogP contribution is 2.33. The van der Waals surface area contributed by atoms with Gasteiger partial charge in [-0.15, -0.1) is 0 Å². The van der Waals surface area contributed by atoms with Crippen molar-refractivity contribution < 1.29 is 9.59 Å². The van der Waals surface area contributed by atoms with Gasteiger partial charge in [0.1, 0.15) is 0 Å². The second-order valence-corrected chi connectivity index (χ2v) is 7.63. The van der Waals surface area contributed by atoms with Crippen molar-refractivity contribution in [3.05, 3.63) is 64.5 Å². The number of amides is 2. The van der Waals surface area contributed by atoms with E-state index in [1.165, 1.54) is 0 Å². The molecule has 6 heteroatoms. The van der Waals surface area contributed by atoms with Crippen molar-refractivity contribution in [2.45, 2.75) is 26.7 Å². The van der Waals surface area contributed by atoms with Crippen LogP contribution in [0.3, 0.4) is 0 Å². The van der Waals surface area contributed by atoms with Crippen molar-refractivity contribution in [2.24, 2.45) is 0 Å². The maximum absolute atomic E-state index is 12.5. The number of carbonyl (C=O) groups is 2. The van der Waals surface area contributed by atoms with Crippen LogP contribution in [-0.4, -0.2) is 48.9 Å². The number of aromatic nitrogens is 1. The largest absolute Gasteiger partial charge is 0.359 e. The van der Waals surface area contributed by atoms with E-state index in [-0.39, 0.29) is 11.8 Å². The Hall–Kier alpha value is -3.12. The number of likely N-dealkylation sites (N-methyl/N-ethyl adjacent to an activating group) is 2. The molecule has 3 N–H and O–H groups in total. The minimum Gasteiger partial charge on any atom is -0.359 e. The van der Waals surface area contributed by atoms with Gasteiger partial charge >= 0.3 is 0 Å². The average molecular weight is 407 g/mol. The topological polar surface area (TPSA) is 77.2 Å². The summed E-state index contributed by atoms with van der Waals surface area (Å²) >= 11 is 0. The zero-order valence-corrected chi connectivity index (χ0v) is 18.1. The van der Waals surface area contributed by atoms with Crippen LogP contribution in [0.25, 0.3) is 11.6 Å². The van der Waals surface area contributed by atoms with Crippen molar-refractivity contribution in [3.8, 4) is 0 Å². The van der Waals surface area contributed by atoms with Gasteiger partial charge in [-0.05, 0) is 50.6 Å². The summed E-state index contributed by atoms with van der Waals surface area (Å²) in [4.78, 5) is 30.0. The minimum absolute atomic E-state index is 0.0902. The normalized spacial score (nSPS) is 14.4. The molecule has 0 atom stereocenters. The molecule has 2 aromatic rings. The first-order chi connectivity index (χ1) is 14.4. The fourth-order valence-corrected chi connectivity index (χ4v) is 3.72. The summed E-state index contributed by atoms with van der Waals surface area (Å²) < 4.78 is 0. The van der Waals surface area contributed by atoms with Crippen LogP contribution < -0.4 is 10.6 Å². The first-order valence-corrected chi connectivity index (χ1v) is 10.3. The molecule has 0 fully saturated rings. The smallest absolute Gasteiger partial charge is 0.256 e. The standard InChI is InChI=1S/C24H30N4O2/c1-16-18(11-12-23(29)28(4)14-8-7-13-25-3)17(2)26-22(16)15-20-19-9-5-6-10-21(19)27-24(20)30/h5-10,15,25-26H,11-14H2,1-4H3,(H,27,30). The van der Waals surface area contributed by atoms with Crippen molar-refractivity contribution in [3.63, 3.8) is 0 Å². The van der Waals surface area contributed by atoms with Gasteiger partial charge < -0.3 is 20.5 Å². The second kappa shape index (κ2) is 9.59. The zero-order chi connectivity index (χ0) is 21.7. The number of anilines is 1. The highest BCUT2D eigenvalue weighted by molar-refractivity contribution is 6.34. The molecule has 3 rings (SSSR count). The number of nitrogens with one attached hydrogen (secondary N) is 3. The molecule has 6 nitrogen and oxygen atoms in total. The van der Waals surface area contributed by atoms with Crippen LogP contribution in [0.2, 0.25) is 0 Å². The van der Waals surface area contributed by atoms with E-state index in [9.17, 15) is 9.59 Å². The third-order valence-corrected chi connectivity index (χ3v) is 5.51. The molecule has 30 heavy (non-hydrogen) atoms. The van der Waals surface area contributed by atoms with Crippen molar-refractivity contribution in [1.29, 1.82) is 0 Å². The minimum atomic E-state index is -0.0902. The molecule has 158 valence electrons. The number of fused-ring (bicyclic) bond motifs is 1. The fraction of sp³-hybridized carbons (Fsp3) is 0.333. The number of benzene rings is 1. The van der Waals surface area contributed by atoms with Gasteiger partial charge in [-0.3, -0.25) is 9.59 Å². The maximum Gasteiger partial charge on any atom is 0.256 e. The molecular weight excluding hydrogens is 376 g/mol. The van der Waals surface area contributed by atoms with Crippen LogP contribution in [0, 0.1) is 13.8 Å². The number of hydrogen-bond donors (Lipinski definition) is 3. The molecule has 1 aliphatic heterocycles. The van der Waals surface area contributed by atoms with E-state index in [2.05, 4.69) is 15.6 Å². The number of carbonyl (C=O) groups excluding carboxylic acids is 2. The zero-order valence-electron chi connectivity index (χ0n) is 18.1. The molecule has 0 unspecified atom stereocenters. The van der Waals surface area contributed by atoms with E-state index in [0.717, 1.165) is 40.3 Å². The van der Waals surface area contributed by atoms with E-state index in [0.29, 0.717) is 25.0 Å². The van der Waals surface area contributed by atoms with Crippen LogP contribution in [0.1, 0.15) is 34.5 Å². The molecule has 1 aromatic carbocycles. The highest BCUT2D eigenvalue weighted by atomic mass is 16.2. The van der Waals surface area contributed by atoms with Crippen LogP contribution in [0.15, 0.2) is 36.4 Å². The molecule has 0 spiro atoms. The SMILES string of the molecule is CNCC=CCN(C)C(=O)CCc1c(C)[nH]c(C=C2C(=O)Nc3ccccc32)c1C. The first kappa shape index (κ1) is 21.6. The van der Waals surface area contributed by atoms with E-state index in [1.807, 2.05) is 70.4 Å². The van der Waals surface area contributed by atoms with Gasteiger partial charge in [-0.2, -0.15) is 0 Å². The van der Waals surface area contributed by atoms with Crippen molar-refractivity contribution >= 4 is 29.2 Å². The molecule has 0 saturated heterocycles. The van der Waals surface area contributed by atoms with Crippen molar-refractivity contribution in [2.75, 3.05) is 32.5 Å². The Morgan fingerprint density at radius 1 is 1.20 bits per heavy atom. The number of para-hydroxylation sites is 1. The number of aryl methyl sites for hydroxylation is 1. The van der Waals surface area contributed by atoms with E-state index >= 15 is 0 Å².